The summed E-state index contributed by atoms with van der Waals surface area (Å²) in [5.74, 6) is 0.828. The Bertz CT molecular complexity index is 333. The maximum Gasteiger partial charge on any atom is 0.0599 e. The number of allylic oxidation sites excluding steroid dienone is 5. The van der Waals surface area contributed by atoms with Crippen LogP contribution in [0.2, 0.25) is 0 Å². The molecule has 0 aromatic heterocycles. The van der Waals surface area contributed by atoms with Crippen LogP contribution in [0.25, 0.3) is 0 Å². The topological polar surface area (TPSA) is 12.0 Å². The van der Waals surface area contributed by atoms with Crippen LogP contribution in [0, 0.1) is 5.92 Å². The predicted molar refractivity (Wildman–Crippen MR) is 70.1 cm³/mol. The average Bonchev–Trinajstić information content (AvgIpc) is 2.33. The van der Waals surface area contributed by atoms with Crippen molar-refractivity contribution in [2.45, 2.75) is 45.4 Å². The minimum Gasteiger partial charge on any atom is -0.358 e. The highest BCUT2D eigenvalue weighted by molar-refractivity contribution is 6.31. The van der Waals surface area contributed by atoms with Crippen LogP contribution in [0.1, 0.15) is 45.4 Å². The van der Waals surface area contributed by atoms with Gasteiger partial charge in [-0.05, 0) is 31.4 Å². The molecule has 88 valence electrons. The monoisotopic (exact) mass is 237 g/mol. The largest absolute Gasteiger partial charge is 0.358 e. The SMILES string of the molecule is C/C=C1/C=CC(Cl)=C(CC2CCCCC2)N1. The summed E-state index contributed by atoms with van der Waals surface area (Å²) in [6, 6.07) is 0. The number of hydrogen-bond acceptors (Lipinski definition) is 1. The van der Waals surface area contributed by atoms with Crippen LogP contribution >= 0.6 is 11.6 Å². The van der Waals surface area contributed by atoms with Crippen LogP contribution in [0.3, 0.4) is 0 Å². The fraction of sp³-hybridized carbons (Fsp3) is 0.571. The van der Waals surface area contributed by atoms with Crippen molar-refractivity contribution in [1.29, 1.82) is 0 Å². The molecule has 1 nitrogen and oxygen atoms in total. The van der Waals surface area contributed by atoms with Crippen molar-refractivity contribution in [2.24, 2.45) is 5.92 Å². The smallest absolute Gasteiger partial charge is 0.0599 e. The van der Waals surface area contributed by atoms with Gasteiger partial charge in [0.05, 0.1) is 5.03 Å². The van der Waals surface area contributed by atoms with E-state index in [0.29, 0.717) is 0 Å². The van der Waals surface area contributed by atoms with Crippen LogP contribution in [-0.4, -0.2) is 0 Å². The van der Waals surface area contributed by atoms with Crippen LogP contribution in [0.4, 0.5) is 0 Å². The fourth-order valence-corrected chi connectivity index (χ4v) is 2.72. The Morgan fingerprint density at radius 1 is 1.31 bits per heavy atom. The third kappa shape index (κ3) is 2.91. The number of hydrogen-bond donors (Lipinski definition) is 1. The van der Waals surface area contributed by atoms with Gasteiger partial charge in [-0.25, -0.2) is 0 Å². The second kappa shape index (κ2) is 5.58. The average molecular weight is 238 g/mol. The van der Waals surface area contributed by atoms with Crippen LogP contribution in [0.5, 0.6) is 0 Å². The van der Waals surface area contributed by atoms with Gasteiger partial charge in [0, 0.05) is 11.4 Å². The van der Waals surface area contributed by atoms with Gasteiger partial charge in [0.15, 0.2) is 0 Å². The molecule has 0 atom stereocenters. The Balaban J connectivity index is 1.99. The molecule has 0 amide bonds. The molecular weight excluding hydrogens is 218 g/mol. The summed E-state index contributed by atoms with van der Waals surface area (Å²) in [6.45, 7) is 2.05. The van der Waals surface area contributed by atoms with Crippen LogP contribution < -0.4 is 5.32 Å². The van der Waals surface area contributed by atoms with Gasteiger partial charge in [-0.15, -0.1) is 0 Å². The Morgan fingerprint density at radius 3 is 2.75 bits per heavy atom. The first-order valence-corrected chi connectivity index (χ1v) is 6.67. The Hall–Kier alpha value is -0.690. The molecule has 0 unspecified atom stereocenters. The van der Waals surface area contributed by atoms with Gasteiger partial charge in [0.25, 0.3) is 0 Å². The molecule has 1 N–H and O–H groups in total. The summed E-state index contributed by atoms with van der Waals surface area (Å²) in [5, 5.41) is 4.31. The first kappa shape index (κ1) is 11.8. The van der Waals surface area contributed by atoms with E-state index < -0.39 is 0 Å². The highest BCUT2D eigenvalue weighted by atomic mass is 35.5. The normalized spacial score (nSPS) is 25.0. The van der Waals surface area contributed by atoms with Crippen molar-refractivity contribution in [3.8, 4) is 0 Å². The number of rotatable bonds is 2. The number of halogens is 1. The predicted octanol–water partition coefficient (Wildman–Crippen LogP) is 4.47. The van der Waals surface area contributed by atoms with E-state index in [1.165, 1.54) is 37.8 Å². The van der Waals surface area contributed by atoms with Gasteiger partial charge < -0.3 is 5.32 Å². The van der Waals surface area contributed by atoms with Crippen molar-refractivity contribution in [2.75, 3.05) is 0 Å². The lowest BCUT2D eigenvalue weighted by atomic mass is 9.86. The minimum atomic E-state index is 0.828. The lowest BCUT2D eigenvalue weighted by molar-refractivity contribution is 0.352. The van der Waals surface area contributed by atoms with Gasteiger partial charge in [-0.2, -0.15) is 0 Å². The zero-order valence-corrected chi connectivity index (χ0v) is 10.7. The number of dihydropyridines is 1. The van der Waals surface area contributed by atoms with E-state index in [-0.39, 0.29) is 0 Å². The molecule has 0 aromatic rings. The van der Waals surface area contributed by atoms with Gasteiger partial charge in [-0.1, -0.05) is 49.8 Å². The molecule has 1 fully saturated rings. The van der Waals surface area contributed by atoms with Crippen LogP contribution in [0.15, 0.2) is 34.7 Å². The molecule has 2 aliphatic rings. The minimum absolute atomic E-state index is 0.828. The quantitative estimate of drug-likeness (QED) is 0.747. The Kier molecular flexibility index (Phi) is 4.11. The second-order valence-electron chi connectivity index (χ2n) is 4.74. The summed E-state index contributed by atoms with van der Waals surface area (Å²) < 4.78 is 0. The highest BCUT2D eigenvalue weighted by Crippen LogP contribution is 2.31. The molecule has 0 aromatic carbocycles. The first-order valence-electron chi connectivity index (χ1n) is 6.29. The molecule has 0 saturated heterocycles. The lowest BCUT2D eigenvalue weighted by Gasteiger charge is -2.25. The molecule has 2 heteroatoms. The van der Waals surface area contributed by atoms with Crippen molar-refractivity contribution in [3.05, 3.63) is 34.7 Å². The van der Waals surface area contributed by atoms with Gasteiger partial charge in [0.1, 0.15) is 0 Å². The van der Waals surface area contributed by atoms with E-state index >= 15 is 0 Å². The van der Waals surface area contributed by atoms with Crippen molar-refractivity contribution < 1.29 is 0 Å². The maximum absolute atomic E-state index is 6.23. The van der Waals surface area contributed by atoms with E-state index in [2.05, 4.69) is 11.4 Å². The first-order chi connectivity index (χ1) is 7.79. The van der Waals surface area contributed by atoms with Crippen molar-refractivity contribution >= 4 is 11.6 Å². The zero-order chi connectivity index (χ0) is 11.4. The summed E-state index contributed by atoms with van der Waals surface area (Å²) >= 11 is 6.23. The Labute approximate surface area is 103 Å². The molecule has 2 rings (SSSR count). The van der Waals surface area contributed by atoms with Gasteiger partial charge in [-0.3, -0.25) is 0 Å². The van der Waals surface area contributed by atoms with Crippen molar-refractivity contribution in [3.63, 3.8) is 0 Å². The highest BCUT2D eigenvalue weighted by Gasteiger charge is 2.18. The van der Waals surface area contributed by atoms with E-state index in [0.717, 1.165) is 23.1 Å². The van der Waals surface area contributed by atoms with E-state index in [1.54, 1.807) is 0 Å². The van der Waals surface area contributed by atoms with Crippen molar-refractivity contribution in [1.82, 2.24) is 5.32 Å². The van der Waals surface area contributed by atoms with E-state index in [9.17, 15) is 0 Å². The standard InChI is InChI=1S/C14H20ClN/c1-2-12-8-9-13(15)14(16-12)10-11-6-4-3-5-7-11/h2,8-9,11,16H,3-7,10H2,1H3/b12-2-. The third-order valence-electron chi connectivity index (χ3n) is 3.52. The fourth-order valence-electron chi connectivity index (χ4n) is 2.54. The molecule has 0 spiro atoms. The summed E-state index contributed by atoms with van der Waals surface area (Å²) in [4.78, 5) is 0. The molecule has 1 aliphatic heterocycles. The third-order valence-corrected chi connectivity index (χ3v) is 3.88. The van der Waals surface area contributed by atoms with Gasteiger partial charge >= 0.3 is 0 Å². The molecule has 16 heavy (non-hydrogen) atoms. The maximum atomic E-state index is 6.23. The summed E-state index contributed by atoms with van der Waals surface area (Å²) in [7, 11) is 0. The second-order valence-corrected chi connectivity index (χ2v) is 5.14. The van der Waals surface area contributed by atoms with E-state index in [1.807, 2.05) is 19.1 Å². The lowest BCUT2D eigenvalue weighted by Crippen LogP contribution is -2.19. The van der Waals surface area contributed by atoms with Crippen LogP contribution in [-0.2, 0) is 0 Å². The Morgan fingerprint density at radius 2 is 2.06 bits per heavy atom. The zero-order valence-electron chi connectivity index (χ0n) is 9.93. The molecular formula is C14H20ClN. The molecule has 1 saturated carbocycles. The number of nitrogens with one attached hydrogen (secondary N) is 1. The molecule has 1 heterocycles. The summed E-state index contributed by atoms with van der Waals surface area (Å²) in [5.41, 5.74) is 2.37. The summed E-state index contributed by atoms with van der Waals surface area (Å²) in [6.07, 6.45) is 14.2. The van der Waals surface area contributed by atoms with E-state index in [4.69, 9.17) is 11.6 Å². The molecule has 1 aliphatic carbocycles. The molecule has 0 bridgehead atoms. The molecule has 0 radical (unpaired) electrons. The van der Waals surface area contributed by atoms with Gasteiger partial charge in [0.2, 0.25) is 0 Å².